The van der Waals surface area contributed by atoms with E-state index in [1.807, 2.05) is 0 Å². The Morgan fingerprint density at radius 1 is 1.13 bits per heavy atom. The van der Waals surface area contributed by atoms with Gasteiger partial charge in [0.2, 0.25) is 0 Å². The SMILES string of the molecule is CC(C)(C)CC(C)(C)NC[C@@H](O)COCC[C@H]1C[C@H]2CC[C@H]1C2. The number of hydrogen-bond acceptors (Lipinski definition) is 3. The molecule has 23 heavy (non-hydrogen) atoms. The van der Waals surface area contributed by atoms with Gasteiger partial charge in [-0.05, 0) is 69.1 Å². The molecule has 3 nitrogen and oxygen atoms in total. The summed E-state index contributed by atoms with van der Waals surface area (Å²) in [6.45, 7) is 13.1. The lowest BCUT2D eigenvalue weighted by Crippen LogP contribution is -2.46. The summed E-state index contributed by atoms with van der Waals surface area (Å²) in [5, 5.41) is 13.6. The van der Waals surface area contributed by atoms with Gasteiger partial charge in [-0.15, -0.1) is 0 Å². The maximum atomic E-state index is 10.1. The number of ether oxygens (including phenoxy) is 1. The predicted octanol–water partition coefficient (Wildman–Crippen LogP) is 3.99. The summed E-state index contributed by atoms with van der Waals surface area (Å²) < 4.78 is 5.74. The lowest BCUT2D eigenvalue weighted by atomic mass is 9.82. The van der Waals surface area contributed by atoms with Gasteiger partial charge < -0.3 is 15.2 Å². The van der Waals surface area contributed by atoms with Crippen LogP contribution in [0.3, 0.4) is 0 Å². The van der Waals surface area contributed by atoms with Crippen molar-refractivity contribution in [3.05, 3.63) is 0 Å². The molecule has 0 amide bonds. The second-order valence-corrected chi connectivity index (χ2v) is 9.95. The van der Waals surface area contributed by atoms with Crippen LogP contribution in [0.1, 0.15) is 73.1 Å². The van der Waals surface area contributed by atoms with Crippen LogP contribution < -0.4 is 5.32 Å². The van der Waals surface area contributed by atoms with Crippen molar-refractivity contribution in [2.75, 3.05) is 19.8 Å². The Morgan fingerprint density at radius 2 is 1.87 bits per heavy atom. The highest BCUT2D eigenvalue weighted by Gasteiger charge is 2.38. The smallest absolute Gasteiger partial charge is 0.0897 e. The lowest BCUT2D eigenvalue weighted by Gasteiger charge is -2.34. The first-order chi connectivity index (χ1) is 10.6. The van der Waals surface area contributed by atoms with Crippen molar-refractivity contribution in [1.82, 2.24) is 5.32 Å². The monoisotopic (exact) mass is 325 g/mol. The number of aliphatic hydroxyl groups is 1. The molecule has 0 aliphatic heterocycles. The maximum absolute atomic E-state index is 10.1. The number of nitrogens with one attached hydrogen (secondary N) is 1. The fraction of sp³-hybridized carbons (Fsp3) is 1.00. The molecule has 0 radical (unpaired) electrons. The van der Waals surface area contributed by atoms with Crippen molar-refractivity contribution in [3.63, 3.8) is 0 Å². The van der Waals surface area contributed by atoms with E-state index in [0.29, 0.717) is 18.6 Å². The molecule has 4 atom stereocenters. The van der Waals surface area contributed by atoms with Crippen LogP contribution in [0, 0.1) is 23.2 Å². The van der Waals surface area contributed by atoms with Crippen LogP contribution in [0.15, 0.2) is 0 Å². The minimum atomic E-state index is -0.408. The molecular formula is C20H39NO2. The Hall–Kier alpha value is -0.120. The fourth-order valence-corrected chi connectivity index (χ4v) is 5.03. The molecule has 0 aromatic carbocycles. The van der Waals surface area contributed by atoms with Gasteiger partial charge in [0.1, 0.15) is 0 Å². The van der Waals surface area contributed by atoms with Crippen molar-refractivity contribution < 1.29 is 9.84 Å². The average molecular weight is 326 g/mol. The first kappa shape index (κ1) is 19.2. The second-order valence-electron chi connectivity index (χ2n) is 9.95. The Balaban J connectivity index is 1.54. The topological polar surface area (TPSA) is 41.5 Å². The van der Waals surface area contributed by atoms with E-state index in [4.69, 9.17) is 4.74 Å². The van der Waals surface area contributed by atoms with Crippen molar-refractivity contribution in [2.45, 2.75) is 84.8 Å². The molecule has 0 saturated heterocycles. The van der Waals surface area contributed by atoms with E-state index in [1.165, 1.54) is 32.1 Å². The molecule has 0 aromatic rings. The van der Waals surface area contributed by atoms with Gasteiger partial charge in [-0.3, -0.25) is 0 Å². The van der Waals surface area contributed by atoms with Gasteiger partial charge in [0.25, 0.3) is 0 Å². The van der Waals surface area contributed by atoms with E-state index < -0.39 is 6.10 Å². The van der Waals surface area contributed by atoms with Gasteiger partial charge in [0.05, 0.1) is 12.7 Å². The molecular weight excluding hydrogens is 286 g/mol. The molecule has 0 heterocycles. The van der Waals surface area contributed by atoms with Gasteiger partial charge in [-0.25, -0.2) is 0 Å². The highest BCUT2D eigenvalue weighted by Crippen LogP contribution is 2.49. The second kappa shape index (κ2) is 7.84. The van der Waals surface area contributed by atoms with Crippen LogP contribution in [-0.2, 0) is 4.74 Å². The molecule has 3 heteroatoms. The summed E-state index contributed by atoms with van der Waals surface area (Å²) in [5.41, 5.74) is 0.334. The molecule has 2 fully saturated rings. The van der Waals surface area contributed by atoms with Crippen LogP contribution in [0.25, 0.3) is 0 Å². The quantitative estimate of drug-likeness (QED) is 0.630. The van der Waals surface area contributed by atoms with E-state index in [-0.39, 0.29) is 5.54 Å². The minimum absolute atomic E-state index is 0.0440. The van der Waals surface area contributed by atoms with Crippen molar-refractivity contribution in [2.24, 2.45) is 23.2 Å². The molecule has 2 aliphatic carbocycles. The van der Waals surface area contributed by atoms with E-state index in [2.05, 4.69) is 39.9 Å². The summed E-state index contributed by atoms with van der Waals surface area (Å²) >= 11 is 0. The first-order valence-corrected chi connectivity index (χ1v) is 9.65. The standard InChI is InChI=1S/C20H39NO2/c1-19(2,3)14-20(4,5)21-12-18(22)13-23-9-8-17-11-15-6-7-16(17)10-15/h15-18,21-22H,6-14H2,1-5H3/t15-,16-,17-,18+/m0/s1. The van der Waals surface area contributed by atoms with Gasteiger partial charge in [-0.2, -0.15) is 0 Å². The number of β-amino-alcohol motifs (C(OH)–C–C–N with tert-alkyl or cyclic N) is 1. The number of hydrogen-bond donors (Lipinski definition) is 2. The molecule has 0 aromatic heterocycles. The summed E-state index contributed by atoms with van der Waals surface area (Å²) in [6, 6.07) is 0. The number of aliphatic hydroxyl groups excluding tert-OH is 1. The summed E-state index contributed by atoms with van der Waals surface area (Å²) in [7, 11) is 0. The third-order valence-corrected chi connectivity index (χ3v) is 5.62. The van der Waals surface area contributed by atoms with E-state index in [1.54, 1.807) is 0 Å². The van der Waals surface area contributed by atoms with Crippen LogP contribution in [0.2, 0.25) is 0 Å². The highest BCUT2D eigenvalue weighted by molar-refractivity contribution is 4.89. The zero-order valence-corrected chi connectivity index (χ0v) is 16.0. The summed E-state index contributed by atoms with van der Waals surface area (Å²) in [4.78, 5) is 0. The average Bonchev–Trinajstić information content (AvgIpc) is 3.01. The Kier molecular flexibility index (Phi) is 6.55. The van der Waals surface area contributed by atoms with Gasteiger partial charge in [-0.1, -0.05) is 27.2 Å². The zero-order chi connectivity index (χ0) is 17.1. The molecule has 2 bridgehead atoms. The zero-order valence-electron chi connectivity index (χ0n) is 16.0. The van der Waals surface area contributed by atoms with Crippen LogP contribution >= 0.6 is 0 Å². The molecule has 2 rings (SSSR count). The Morgan fingerprint density at radius 3 is 2.43 bits per heavy atom. The Bertz CT molecular complexity index is 361. The van der Waals surface area contributed by atoms with Crippen LogP contribution in [0.5, 0.6) is 0 Å². The van der Waals surface area contributed by atoms with Crippen molar-refractivity contribution in [3.8, 4) is 0 Å². The Labute approximate surface area is 143 Å². The van der Waals surface area contributed by atoms with Gasteiger partial charge in [0.15, 0.2) is 0 Å². The molecule has 2 aliphatic rings. The lowest BCUT2D eigenvalue weighted by molar-refractivity contribution is 0.0248. The third kappa shape index (κ3) is 6.72. The maximum Gasteiger partial charge on any atom is 0.0897 e. The highest BCUT2D eigenvalue weighted by atomic mass is 16.5. The van der Waals surface area contributed by atoms with Crippen LogP contribution in [0.4, 0.5) is 0 Å². The summed E-state index contributed by atoms with van der Waals surface area (Å²) in [6.07, 6.45) is 7.68. The molecule has 2 saturated carbocycles. The molecule has 0 spiro atoms. The fourth-order valence-electron chi connectivity index (χ4n) is 5.03. The number of fused-ring (bicyclic) bond motifs is 2. The van der Waals surface area contributed by atoms with Crippen molar-refractivity contribution in [1.29, 1.82) is 0 Å². The van der Waals surface area contributed by atoms with E-state index in [9.17, 15) is 5.11 Å². The van der Waals surface area contributed by atoms with Crippen molar-refractivity contribution >= 4 is 0 Å². The minimum Gasteiger partial charge on any atom is -0.389 e. The molecule has 136 valence electrons. The number of rotatable bonds is 9. The van der Waals surface area contributed by atoms with E-state index in [0.717, 1.165) is 30.8 Å². The molecule has 2 N–H and O–H groups in total. The van der Waals surface area contributed by atoms with Gasteiger partial charge in [0, 0.05) is 18.7 Å². The molecule has 0 unspecified atom stereocenters. The van der Waals surface area contributed by atoms with Crippen LogP contribution in [-0.4, -0.2) is 36.5 Å². The first-order valence-electron chi connectivity index (χ1n) is 9.65. The normalized spacial score (nSPS) is 29.2. The van der Waals surface area contributed by atoms with E-state index >= 15 is 0 Å². The third-order valence-electron chi connectivity index (χ3n) is 5.62. The summed E-state index contributed by atoms with van der Waals surface area (Å²) in [5.74, 6) is 2.90. The predicted molar refractivity (Wildman–Crippen MR) is 96.5 cm³/mol. The van der Waals surface area contributed by atoms with Gasteiger partial charge >= 0.3 is 0 Å². The largest absolute Gasteiger partial charge is 0.389 e.